The van der Waals surface area contributed by atoms with E-state index < -0.39 is 11.7 Å². The van der Waals surface area contributed by atoms with E-state index in [-0.39, 0.29) is 6.04 Å². The van der Waals surface area contributed by atoms with Crippen LogP contribution in [0.4, 0.5) is 13.2 Å². The number of nitrogens with one attached hydrogen (secondary N) is 1. The average molecular weight is 314 g/mol. The van der Waals surface area contributed by atoms with Crippen LogP contribution in [-0.4, -0.2) is 31.1 Å². The number of alkyl halides is 3. The van der Waals surface area contributed by atoms with Crippen molar-refractivity contribution in [2.45, 2.75) is 44.8 Å². The summed E-state index contributed by atoms with van der Waals surface area (Å²) in [6.45, 7) is 5.75. The van der Waals surface area contributed by atoms with Crippen molar-refractivity contribution in [3.8, 4) is 0 Å². The molecule has 1 N–H and O–H groups in total. The van der Waals surface area contributed by atoms with Gasteiger partial charge in [0, 0.05) is 32.2 Å². The maximum absolute atomic E-state index is 13.0. The Morgan fingerprint density at radius 3 is 2.55 bits per heavy atom. The molecule has 124 valence electrons. The Kier molecular flexibility index (Phi) is 6.26. The standard InChI is InChI=1S/C17H25F3N2/c1-2-3-4-8-16(22-11-9-21-10-12-22)14-6-5-7-15(13-14)17(18,19)20/h5-7,13,16,21H,2-4,8-12H2,1H3/t16-/m1/s1. The Morgan fingerprint density at radius 2 is 1.91 bits per heavy atom. The molecule has 1 heterocycles. The molecule has 0 saturated carbocycles. The lowest BCUT2D eigenvalue weighted by molar-refractivity contribution is -0.137. The predicted molar refractivity (Wildman–Crippen MR) is 82.8 cm³/mol. The van der Waals surface area contributed by atoms with Gasteiger partial charge in [-0.05, 0) is 24.1 Å². The Hall–Kier alpha value is -1.07. The van der Waals surface area contributed by atoms with Crippen LogP contribution >= 0.6 is 0 Å². The number of halogens is 3. The van der Waals surface area contributed by atoms with Crippen molar-refractivity contribution in [3.63, 3.8) is 0 Å². The van der Waals surface area contributed by atoms with Gasteiger partial charge < -0.3 is 5.32 Å². The lowest BCUT2D eigenvalue weighted by atomic mass is 9.96. The summed E-state index contributed by atoms with van der Waals surface area (Å²) >= 11 is 0. The van der Waals surface area contributed by atoms with Crippen molar-refractivity contribution in [3.05, 3.63) is 35.4 Å². The van der Waals surface area contributed by atoms with E-state index in [1.807, 2.05) is 6.07 Å². The highest BCUT2D eigenvalue weighted by molar-refractivity contribution is 5.28. The Labute approximate surface area is 130 Å². The maximum Gasteiger partial charge on any atom is 0.416 e. The van der Waals surface area contributed by atoms with Gasteiger partial charge in [0.1, 0.15) is 0 Å². The number of unbranched alkanes of at least 4 members (excludes halogenated alkanes) is 2. The number of hydrogen-bond acceptors (Lipinski definition) is 2. The summed E-state index contributed by atoms with van der Waals surface area (Å²) < 4.78 is 38.9. The first-order valence-corrected chi connectivity index (χ1v) is 8.14. The number of hydrogen-bond donors (Lipinski definition) is 1. The van der Waals surface area contributed by atoms with Crippen LogP contribution in [0.2, 0.25) is 0 Å². The normalized spacial score (nSPS) is 18.4. The second-order valence-corrected chi connectivity index (χ2v) is 5.92. The van der Waals surface area contributed by atoms with E-state index >= 15 is 0 Å². The van der Waals surface area contributed by atoms with Gasteiger partial charge in [0.15, 0.2) is 0 Å². The lowest BCUT2D eigenvalue weighted by Crippen LogP contribution is -2.45. The van der Waals surface area contributed by atoms with Crippen LogP contribution in [0.25, 0.3) is 0 Å². The van der Waals surface area contributed by atoms with Crippen molar-refractivity contribution >= 4 is 0 Å². The van der Waals surface area contributed by atoms with E-state index in [9.17, 15) is 13.2 Å². The topological polar surface area (TPSA) is 15.3 Å². The third kappa shape index (κ3) is 4.71. The van der Waals surface area contributed by atoms with Gasteiger partial charge in [-0.2, -0.15) is 13.2 Å². The largest absolute Gasteiger partial charge is 0.416 e. The molecule has 1 aliphatic heterocycles. The van der Waals surface area contributed by atoms with Crippen molar-refractivity contribution in [1.82, 2.24) is 10.2 Å². The fourth-order valence-electron chi connectivity index (χ4n) is 3.06. The van der Waals surface area contributed by atoms with Crippen LogP contribution in [0.1, 0.15) is 49.8 Å². The molecule has 1 fully saturated rings. The van der Waals surface area contributed by atoms with Crippen LogP contribution < -0.4 is 5.32 Å². The number of rotatable bonds is 6. The van der Waals surface area contributed by atoms with Crippen LogP contribution in [0.3, 0.4) is 0 Å². The van der Waals surface area contributed by atoms with Gasteiger partial charge in [0.05, 0.1) is 5.56 Å². The molecule has 2 nitrogen and oxygen atoms in total. The minimum absolute atomic E-state index is 0.0935. The number of benzene rings is 1. The first-order valence-electron chi connectivity index (χ1n) is 8.14. The van der Waals surface area contributed by atoms with Gasteiger partial charge in [0.25, 0.3) is 0 Å². The lowest BCUT2D eigenvalue weighted by Gasteiger charge is -2.35. The Bertz CT molecular complexity index is 453. The molecule has 1 atom stereocenters. The Balaban J connectivity index is 2.19. The maximum atomic E-state index is 13.0. The molecule has 2 rings (SSSR count). The van der Waals surface area contributed by atoms with Crippen LogP contribution in [0, 0.1) is 0 Å². The summed E-state index contributed by atoms with van der Waals surface area (Å²) in [6.07, 6.45) is -0.0393. The third-order valence-electron chi connectivity index (χ3n) is 4.27. The number of piperazine rings is 1. The summed E-state index contributed by atoms with van der Waals surface area (Å²) in [5.74, 6) is 0. The molecular formula is C17H25F3N2. The number of nitrogens with zero attached hydrogens (tertiary/aromatic N) is 1. The molecule has 0 radical (unpaired) electrons. The van der Waals surface area contributed by atoms with E-state index in [1.54, 1.807) is 0 Å². The van der Waals surface area contributed by atoms with Gasteiger partial charge in [0.2, 0.25) is 0 Å². The summed E-state index contributed by atoms with van der Waals surface area (Å²) in [5, 5.41) is 3.30. The van der Waals surface area contributed by atoms with Crippen LogP contribution in [0.15, 0.2) is 24.3 Å². The summed E-state index contributed by atoms with van der Waals surface area (Å²) in [4.78, 5) is 2.32. The Morgan fingerprint density at radius 1 is 1.18 bits per heavy atom. The van der Waals surface area contributed by atoms with Crippen molar-refractivity contribution in [2.75, 3.05) is 26.2 Å². The first kappa shape index (κ1) is 17.3. The molecule has 1 saturated heterocycles. The highest BCUT2D eigenvalue weighted by Crippen LogP contribution is 2.33. The quantitative estimate of drug-likeness (QED) is 0.790. The average Bonchev–Trinajstić information content (AvgIpc) is 2.52. The monoisotopic (exact) mass is 314 g/mol. The van der Waals surface area contributed by atoms with E-state index in [2.05, 4.69) is 17.1 Å². The minimum atomic E-state index is -4.27. The summed E-state index contributed by atoms with van der Waals surface area (Å²) in [7, 11) is 0. The molecule has 0 unspecified atom stereocenters. The highest BCUT2D eigenvalue weighted by Gasteiger charge is 2.31. The minimum Gasteiger partial charge on any atom is -0.314 e. The molecule has 22 heavy (non-hydrogen) atoms. The fraction of sp³-hybridized carbons (Fsp3) is 0.647. The zero-order chi connectivity index (χ0) is 16.0. The fourth-order valence-corrected chi connectivity index (χ4v) is 3.06. The summed E-state index contributed by atoms with van der Waals surface area (Å²) in [6, 6.07) is 5.96. The highest BCUT2D eigenvalue weighted by atomic mass is 19.4. The van der Waals surface area contributed by atoms with Crippen molar-refractivity contribution in [1.29, 1.82) is 0 Å². The van der Waals surface area contributed by atoms with E-state index in [0.29, 0.717) is 0 Å². The van der Waals surface area contributed by atoms with Crippen molar-refractivity contribution < 1.29 is 13.2 Å². The molecule has 1 aromatic rings. The molecular weight excluding hydrogens is 289 g/mol. The summed E-state index contributed by atoms with van der Waals surface area (Å²) in [5.41, 5.74) is 0.258. The van der Waals surface area contributed by atoms with E-state index in [1.165, 1.54) is 12.1 Å². The molecule has 1 aromatic carbocycles. The molecule has 0 amide bonds. The smallest absolute Gasteiger partial charge is 0.314 e. The van der Waals surface area contributed by atoms with Gasteiger partial charge in [-0.15, -0.1) is 0 Å². The van der Waals surface area contributed by atoms with Crippen LogP contribution in [0.5, 0.6) is 0 Å². The zero-order valence-electron chi connectivity index (χ0n) is 13.1. The third-order valence-corrected chi connectivity index (χ3v) is 4.27. The van der Waals surface area contributed by atoms with Gasteiger partial charge in [-0.25, -0.2) is 0 Å². The molecule has 0 aromatic heterocycles. The van der Waals surface area contributed by atoms with Crippen molar-refractivity contribution in [2.24, 2.45) is 0 Å². The molecule has 0 spiro atoms. The molecule has 0 bridgehead atoms. The first-order chi connectivity index (χ1) is 10.5. The van der Waals surface area contributed by atoms with Crippen LogP contribution in [-0.2, 0) is 6.18 Å². The SMILES string of the molecule is CCCCC[C@H](c1cccc(C(F)(F)F)c1)N1CCNCC1. The predicted octanol–water partition coefficient (Wildman–Crippen LogP) is 4.23. The zero-order valence-corrected chi connectivity index (χ0v) is 13.1. The van der Waals surface area contributed by atoms with Gasteiger partial charge >= 0.3 is 6.18 Å². The molecule has 1 aliphatic rings. The van der Waals surface area contributed by atoms with E-state index in [0.717, 1.165) is 63.5 Å². The molecule has 5 heteroatoms. The second-order valence-electron chi connectivity index (χ2n) is 5.92. The van der Waals surface area contributed by atoms with Gasteiger partial charge in [-0.3, -0.25) is 4.90 Å². The van der Waals surface area contributed by atoms with Gasteiger partial charge in [-0.1, -0.05) is 38.3 Å². The second kappa shape index (κ2) is 7.97. The van der Waals surface area contributed by atoms with E-state index in [4.69, 9.17) is 0 Å². The molecule has 0 aliphatic carbocycles.